The van der Waals surface area contributed by atoms with Gasteiger partial charge in [0.15, 0.2) is 0 Å². The fourth-order valence-corrected chi connectivity index (χ4v) is 3.05. The number of ether oxygens (including phenoxy) is 2. The predicted molar refractivity (Wildman–Crippen MR) is 78.7 cm³/mol. The molecule has 0 aromatic carbocycles. The van der Waals surface area contributed by atoms with Crippen molar-refractivity contribution in [3.8, 4) is 0 Å². The number of amides is 1. The Labute approximate surface area is 126 Å². The highest BCUT2D eigenvalue weighted by Crippen LogP contribution is 2.39. The van der Waals surface area contributed by atoms with Crippen LogP contribution in [0.5, 0.6) is 0 Å². The van der Waals surface area contributed by atoms with Gasteiger partial charge in [-0.15, -0.1) is 0 Å². The smallest absolute Gasteiger partial charge is 0.407 e. The Hall–Kier alpha value is -1.52. The third kappa shape index (κ3) is 3.99. The summed E-state index contributed by atoms with van der Waals surface area (Å²) >= 11 is 0. The molecule has 0 radical (unpaired) electrons. The van der Waals surface area contributed by atoms with Crippen molar-refractivity contribution in [3.63, 3.8) is 0 Å². The number of alkyl carbamates (subject to hydrolysis) is 1. The summed E-state index contributed by atoms with van der Waals surface area (Å²) in [6, 6.07) is 0. The third-order valence-electron chi connectivity index (χ3n) is 4.20. The number of carbonyl (C=O) groups is 2. The van der Waals surface area contributed by atoms with E-state index in [-0.39, 0.29) is 12.1 Å². The molecule has 0 saturated heterocycles. The molecule has 118 valence electrons. The number of rotatable bonds is 3. The topological polar surface area (TPSA) is 64.6 Å². The van der Waals surface area contributed by atoms with Gasteiger partial charge in [-0.1, -0.05) is 6.92 Å². The summed E-state index contributed by atoms with van der Waals surface area (Å²) in [6.07, 6.45) is 2.30. The van der Waals surface area contributed by atoms with Crippen molar-refractivity contribution in [2.75, 3.05) is 13.2 Å². The SMILES string of the molecule is CC1C2=C(CCC1CCNC(=O)OC(C)(C)C)C(=O)OC2. The summed E-state index contributed by atoms with van der Waals surface area (Å²) in [5, 5.41) is 2.80. The Morgan fingerprint density at radius 2 is 2.14 bits per heavy atom. The Kier molecular flexibility index (Phi) is 4.59. The third-order valence-corrected chi connectivity index (χ3v) is 4.20. The summed E-state index contributed by atoms with van der Waals surface area (Å²) < 4.78 is 10.3. The molecule has 5 heteroatoms. The van der Waals surface area contributed by atoms with Gasteiger partial charge < -0.3 is 14.8 Å². The first-order valence-corrected chi connectivity index (χ1v) is 7.64. The normalized spacial score (nSPS) is 25.4. The van der Waals surface area contributed by atoms with Crippen LogP contribution in [-0.2, 0) is 14.3 Å². The van der Waals surface area contributed by atoms with Gasteiger partial charge in [0.25, 0.3) is 0 Å². The highest BCUT2D eigenvalue weighted by atomic mass is 16.6. The van der Waals surface area contributed by atoms with Crippen molar-refractivity contribution in [1.82, 2.24) is 5.32 Å². The fourth-order valence-electron chi connectivity index (χ4n) is 3.05. The van der Waals surface area contributed by atoms with Gasteiger partial charge in [-0.2, -0.15) is 0 Å². The quantitative estimate of drug-likeness (QED) is 0.813. The van der Waals surface area contributed by atoms with Gasteiger partial charge in [0, 0.05) is 12.1 Å². The van der Waals surface area contributed by atoms with Crippen LogP contribution in [0, 0.1) is 11.8 Å². The van der Waals surface area contributed by atoms with Gasteiger partial charge >= 0.3 is 12.1 Å². The Bertz CT molecular complexity index is 461. The lowest BCUT2D eigenvalue weighted by molar-refractivity contribution is -0.136. The maximum absolute atomic E-state index is 11.6. The molecule has 2 unspecified atom stereocenters. The van der Waals surface area contributed by atoms with Crippen LogP contribution in [0.2, 0.25) is 0 Å². The molecule has 0 saturated carbocycles. The molecule has 0 bridgehead atoms. The lowest BCUT2D eigenvalue weighted by atomic mass is 9.75. The maximum Gasteiger partial charge on any atom is 0.407 e. The summed E-state index contributed by atoms with van der Waals surface area (Å²) in [6.45, 7) is 8.74. The molecule has 1 heterocycles. The summed E-state index contributed by atoms with van der Waals surface area (Å²) in [5.41, 5.74) is 1.58. The summed E-state index contributed by atoms with van der Waals surface area (Å²) in [5.74, 6) is 0.691. The first kappa shape index (κ1) is 15.9. The molecule has 5 nitrogen and oxygen atoms in total. The van der Waals surface area contributed by atoms with Gasteiger partial charge in [0.05, 0.1) is 0 Å². The second kappa shape index (κ2) is 6.08. The van der Waals surface area contributed by atoms with E-state index < -0.39 is 5.60 Å². The van der Waals surface area contributed by atoms with Crippen LogP contribution in [0.15, 0.2) is 11.1 Å². The van der Waals surface area contributed by atoms with E-state index in [1.807, 2.05) is 20.8 Å². The van der Waals surface area contributed by atoms with Gasteiger partial charge in [-0.3, -0.25) is 0 Å². The van der Waals surface area contributed by atoms with Crippen LogP contribution in [0.4, 0.5) is 4.79 Å². The average Bonchev–Trinajstić information content (AvgIpc) is 2.72. The Balaban J connectivity index is 1.79. The van der Waals surface area contributed by atoms with Crippen molar-refractivity contribution < 1.29 is 19.1 Å². The number of cyclic esters (lactones) is 1. The lowest BCUT2D eigenvalue weighted by Gasteiger charge is -2.29. The zero-order valence-electron chi connectivity index (χ0n) is 13.3. The molecule has 1 N–H and O–H groups in total. The highest BCUT2D eigenvalue weighted by molar-refractivity contribution is 5.92. The monoisotopic (exact) mass is 295 g/mol. The average molecular weight is 295 g/mol. The van der Waals surface area contributed by atoms with E-state index in [1.54, 1.807) is 0 Å². The summed E-state index contributed by atoms with van der Waals surface area (Å²) in [7, 11) is 0. The molecule has 2 rings (SSSR count). The van der Waals surface area contributed by atoms with Crippen LogP contribution in [-0.4, -0.2) is 30.8 Å². The van der Waals surface area contributed by atoms with Crippen LogP contribution < -0.4 is 5.32 Å². The van der Waals surface area contributed by atoms with E-state index in [2.05, 4.69) is 12.2 Å². The highest BCUT2D eigenvalue weighted by Gasteiger charge is 2.35. The minimum absolute atomic E-state index is 0.137. The van der Waals surface area contributed by atoms with Crippen LogP contribution in [0.3, 0.4) is 0 Å². The van der Waals surface area contributed by atoms with E-state index in [0.29, 0.717) is 25.0 Å². The second-order valence-electron chi connectivity index (χ2n) is 6.88. The number of esters is 1. The van der Waals surface area contributed by atoms with Gasteiger partial charge in [-0.25, -0.2) is 9.59 Å². The molecule has 0 fully saturated rings. The molecule has 1 aliphatic heterocycles. The minimum atomic E-state index is -0.469. The maximum atomic E-state index is 11.6. The number of hydrogen-bond acceptors (Lipinski definition) is 4. The largest absolute Gasteiger partial charge is 0.458 e. The second-order valence-corrected chi connectivity index (χ2v) is 6.88. The van der Waals surface area contributed by atoms with Crippen LogP contribution >= 0.6 is 0 Å². The van der Waals surface area contributed by atoms with E-state index in [9.17, 15) is 9.59 Å². The molecular weight excluding hydrogens is 270 g/mol. The molecule has 2 aliphatic rings. The molecule has 21 heavy (non-hydrogen) atoms. The van der Waals surface area contributed by atoms with Gasteiger partial charge in [0.1, 0.15) is 12.2 Å². The number of nitrogens with one attached hydrogen (secondary N) is 1. The minimum Gasteiger partial charge on any atom is -0.458 e. The first-order valence-electron chi connectivity index (χ1n) is 7.64. The molecule has 1 amide bonds. The van der Waals surface area contributed by atoms with E-state index in [1.165, 1.54) is 0 Å². The Morgan fingerprint density at radius 3 is 2.81 bits per heavy atom. The lowest BCUT2D eigenvalue weighted by Crippen LogP contribution is -2.34. The first-order chi connectivity index (χ1) is 9.78. The molecular formula is C16H25NO4. The molecule has 2 atom stereocenters. The van der Waals surface area contributed by atoms with Crippen molar-refractivity contribution >= 4 is 12.1 Å². The zero-order chi connectivity index (χ0) is 15.6. The summed E-state index contributed by atoms with van der Waals surface area (Å²) in [4.78, 5) is 23.1. The Morgan fingerprint density at radius 1 is 1.43 bits per heavy atom. The number of hydrogen-bond donors (Lipinski definition) is 1. The van der Waals surface area contributed by atoms with Gasteiger partial charge in [-0.05, 0) is 57.4 Å². The van der Waals surface area contributed by atoms with Crippen molar-refractivity contribution in [2.24, 2.45) is 11.8 Å². The number of carbonyl (C=O) groups excluding carboxylic acids is 2. The predicted octanol–water partition coefficient (Wildman–Crippen LogP) is 2.80. The van der Waals surface area contributed by atoms with Crippen LogP contribution in [0.1, 0.15) is 47.0 Å². The van der Waals surface area contributed by atoms with E-state index in [4.69, 9.17) is 9.47 Å². The molecule has 0 aromatic heterocycles. The van der Waals surface area contributed by atoms with Crippen molar-refractivity contribution in [3.05, 3.63) is 11.1 Å². The van der Waals surface area contributed by atoms with Crippen molar-refractivity contribution in [1.29, 1.82) is 0 Å². The zero-order valence-corrected chi connectivity index (χ0v) is 13.3. The molecule has 0 aromatic rings. The van der Waals surface area contributed by atoms with Gasteiger partial charge in [0.2, 0.25) is 0 Å². The van der Waals surface area contributed by atoms with Crippen LogP contribution in [0.25, 0.3) is 0 Å². The van der Waals surface area contributed by atoms with Crippen molar-refractivity contribution in [2.45, 2.75) is 52.6 Å². The molecule has 0 spiro atoms. The standard InChI is InChI=1S/C16H25NO4/c1-10-11(5-6-12-13(10)9-20-14(12)18)7-8-17-15(19)21-16(2,3)4/h10-11H,5-9H2,1-4H3,(H,17,19). The molecule has 1 aliphatic carbocycles. The van der Waals surface area contributed by atoms with E-state index in [0.717, 1.165) is 30.4 Å². The fraction of sp³-hybridized carbons (Fsp3) is 0.750. The van der Waals surface area contributed by atoms with E-state index >= 15 is 0 Å².